The lowest BCUT2D eigenvalue weighted by atomic mass is 9.68. The second-order valence-electron chi connectivity index (χ2n) is 12.8. The highest BCUT2D eigenvalue weighted by atomic mass is 32.2. The number of carbonyl (C=O) groups excluding carboxylic acids is 3. The van der Waals surface area contributed by atoms with Crippen LogP contribution in [0.1, 0.15) is 35.3 Å². The fourth-order valence-electron chi connectivity index (χ4n) is 8.50. The second-order valence-corrected chi connectivity index (χ2v) is 15.0. The molecule has 7 atom stereocenters. The molecule has 1 aromatic heterocycles. The summed E-state index contributed by atoms with van der Waals surface area (Å²) in [5.74, 6) is -3.42. The monoisotopic (exact) mass is 721 g/mol. The molecular weight excluding hydrogens is 692 g/mol. The minimum atomic E-state index is -4.75. The number of aromatic nitrogens is 1. The summed E-state index contributed by atoms with van der Waals surface area (Å²) >= 11 is 2.58. The number of hydrogen-bond donors (Lipinski definition) is 2. The van der Waals surface area contributed by atoms with E-state index in [1.165, 1.54) is 30.0 Å². The molecule has 3 heterocycles. The number of anilines is 2. The average molecular weight is 722 g/mol. The topological polar surface area (TPSA) is 118 Å². The van der Waals surface area contributed by atoms with Gasteiger partial charge < -0.3 is 19.8 Å². The van der Waals surface area contributed by atoms with Crippen LogP contribution in [-0.4, -0.2) is 41.2 Å². The van der Waals surface area contributed by atoms with E-state index >= 15 is 0 Å². The Morgan fingerprint density at radius 2 is 1.66 bits per heavy atom. The molecule has 4 aromatic rings. The van der Waals surface area contributed by atoms with Crippen LogP contribution in [-0.2, 0) is 20.6 Å². The van der Waals surface area contributed by atoms with Gasteiger partial charge in [-0.25, -0.2) is 4.90 Å². The number of nitrogens with zero attached hydrogens (tertiary/aromatic N) is 1. The molecule has 0 spiro atoms. The molecule has 2 aliphatic carbocycles. The van der Waals surface area contributed by atoms with Gasteiger partial charge in [0, 0.05) is 21.7 Å². The van der Waals surface area contributed by atoms with E-state index < -0.39 is 41.1 Å². The van der Waals surface area contributed by atoms with Crippen LogP contribution < -0.4 is 24.6 Å². The van der Waals surface area contributed by atoms with Crippen molar-refractivity contribution in [3.8, 4) is 11.5 Å². The number of aromatic amines is 1. The predicted octanol–water partition coefficient (Wildman–Crippen LogP) is 6.55. The molecular formula is C36H30F3N3O6S2. The Morgan fingerprint density at radius 3 is 2.40 bits per heavy atom. The molecule has 8 rings (SSSR count). The molecule has 3 fully saturated rings. The maximum atomic E-state index is 14.1. The Morgan fingerprint density at radius 1 is 0.940 bits per heavy atom. The van der Waals surface area contributed by atoms with Gasteiger partial charge >= 0.3 is 11.0 Å². The van der Waals surface area contributed by atoms with Crippen molar-refractivity contribution in [3.05, 3.63) is 98.5 Å². The number of thiazole rings is 1. The number of ether oxygens (including phenoxy) is 2. The zero-order valence-corrected chi connectivity index (χ0v) is 28.1. The molecule has 2 N–H and O–H groups in total. The molecule has 2 saturated carbocycles. The Hall–Kier alpha value is -4.56. The first kappa shape index (κ1) is 32.6. The van der Waals surface area contributed by atoms with Crippen molar-refractivity contribution in [3.63, 3.8) is 0 Å². The van der Waals surface area contributed by atoms with Crippen molar-refractivity contribution >= 4 is 52.2 Å². The molecule has 0 radical (unpaired) electrons. The third-order valence-electron chi connectivity index (χ3n) is 10.2. The number of thioether (sulfide) groups is 1. The van der Waals surface area contributed by atoms with E-state index in [-0.39, 0.29) is 46.3 Å². The van der Waals surface area contributed by atoms with Crippen molar-refractivity contribution in [2.75, 3.05) is 23.4 Å². The van der Waals surface area contributed by atoms with Gasteiger partial charge in [-0.1, -0.05) is 47.7 Å². The summed E-state index contributed by atoms with van der Waals surface area (Å²) in [4.78, 5) is 57.6. The number of H-pyrrole nitrogens is 1. The number of imide groups is 1. The van der Waals surface area contributed by atoms with E-state index in [9.17, 15) is 32.3 Å². The van der Waals surface area contributed by atoms with Crippen molar-refractivity contribution in [1.29, 1.82) is 0 Å². The SMILES string of the molecule is CCOc1cc([C@@H]2c3sc(=O)[nH]c3S[C@@H]3[C@@H]4C[C@@H]([C@@H]5C(=O)N(c6ccccc6C(F)(F)F)C(=O)[C@@H]45)[C@H]23)ccc1OCC(=O)Nc1ccccc1. The van der Waals surface area contributed by atoms with Crippen molar-refractivity contribution in [1.82, 2.24) is 4.98 Å². The first-order valence-corrected chi connectivity index (χ1v) is 17.9. The van der Waals surface area contributed by atoms with Crippen LogP contribution in [0.3, 0.4) is 0 Å². The number of nitrogens with one attached hydrogen (secondary N) is 2. The van der Waals surface area contributed by atoms with Gasteiger partial charge in [-0.3, -0.25) is 19.2 Å². The summed E-state index contributed by atoms with van der Waals surface area (Å²) < 4.78 is 53.9. The molecule has 3 amide bonds. The van der Waals surface area contributed by atoms with Gasteiger partial charge in [0.2, 0.25) is 11.8 Å². The summed E-state index contributed by atoms with van der Waals surface area (Å²) in [6, 6.07) is 19.1. The number of benzene rings is 3. The number of halogens is 3. The summed E-state index contributed by atoms with van der Waals surface area (Å²) in [5.41, 5.74) is -0.0206. The van der Waals surface area contributed by atoms with Gasteiger partial charge in [0.25, 0.3) is 5.91 Å². The third kappa shape index (κ3) is 5.31. The van der Waals surface area contributed by atoms with E-state index in [2.05, 4.69) is 10.3 Å². The maximum absolute atomic E-state index is 14.1. The van der Waals surface area contributed by atoms with Gasteiger partial charge in [-0.15, -0.1) is 11.8 Å². The first-order chi connectivity index (χ1) is 24.0. The molecule has 9 nitrogen and oxygen atoms in total. The van der Waals surface area contributed by atoms with Gasteiger partial charge in [-0.05, 0) is 73.1 Å². The lowest BCUT2D eigenvalue weighted by Crippen LogP contribution is -2.42. The van der Waals surface area contributed by atoms with Crippen molar-refractivity contribution in [2.45, 2.75) is 35.7 Å². The zero-order chi connectivity index (χ0) is 34.9. The summed E-state index contributed by atoms with van der Waals surface area (Å²) in [7, 11) is 0. The van der Waals surface area contributed by atoms with E-state index in [1.54, 1.807) is 18.2 Å². The standard InChI is InChI=1S/C36H30F3N3O6S2/c1-2-47-24-14-17(12-13-23(24)48-16-25(43)40-18-8-4-3-5-9-18)26-27-19-15-20(30(27)49-32-31(26)50-35(46)41-32)29-28(19)33(44)42(34(29)45)22-11-7-6-10-21(22)36(37,38)39/h3-14,19-20,26-30H,2,15-16H2,1H3,(H,40,43)(H,41,46)/t19-,20-,26+,27-,28+,29+,30-/m1/s1. The number of hydrogen-bond acceptors (Lipinski definition) is 8. The second kappa shape index (κ2) is 12.3. The summed E-state index contributed by atoms with van der Waals surface area (Å²) in [5, 5.41) is 3.32. The lowest BCUT2D eigenvalue weighted by molar-refractivity contribution is -0.137. The van der Waals surface area contributed by atoms with Crippen LogP contribution in [0.4, 0.5) is 24.5 Å². The maximum Gasteiger partial charge on any atom is 0.418 e. The predicted molar refractivity (Wildman–Crippen MR) is 181 cm³/mol. The van der Waals surface area contributed by atoms with Crippen LogP contribution >= 0.6 is 23.1 Å². The highest BCUT2D eigenvalue weighted by Crippen LogP contribution is 2.69. The summed E-state index contributed by atoms with van der Waals surface area (Å²) in [6.45, 7) is 1.87. The molecule has 2 bridgehead atoms. The van der Waals surface area contributed by atoms with Crippen LogP contribution in [0.2, 0.25) is 0 Å². The van der Waals surface area contributed by atoms with Crippen LogP contribution in [0.5, 0.6) is 11.5 Å². The quantitative estimate of drug-likeness (QED) is 0.198. The van der Waals surface area contributed by atoms with E-state index in [0.717, 1.165) is 32.7 Å². The molecule has 3 aromatic carbocycles. The van der Waals surface area contributed by atoms with Gasteiger partial charge in [-0.2, -0.15) is 13.2 Å². The van der Waals surface area contributed by atoms with E-state index in [0.29, 0.717) is 35.2 Å². The largest absolute Gasteiger partial charge is 0.490 e. The molecule has 0 unspecified atom stereocenters. The third-order valence-corrected chi connectivity index (χ3v) is 12.8. The van der Waals surface area contributed by atoms with Crippen LogP contribution in [0, 0.1) is 29.6 Å². The van der Waals surface area contributed by atoms with Crippen LogP contribution in [0.15, 0.2) is 82.6 Å². The number of carbonyl (C=O) groups is 3. The smallest absolute Gasteiger partial charge is 0.418 e. The van der Waals surface area contributed by atoms with Crippen LogP contribution in [0.25, 0.3) is 0 Å². The number of fused-ring (bicyclic) bond motifs is 9. The molecule has 258 valence electrons. The Labute approximate surface area is 292 Å². The minimum absolute atomic E-state index is 0.160. The Kier molecular flexibility index (Phi) is 8.05. The average Bonchev–Trinajstić information content (AvgIpc) is 3.83. The fraction of sp³-hybridized carbons (Fsp3) is 0.333. The summed E-state index contributed by atoms with van der Waals surface area (Å²) in [6.07, 6.45) is -4.17. The highest BCUT2D eigenvalue weighted by Gasteiger charge is 2.70. The van der Waals surface area contributed by atoms with Crippen molar-refractivity contribution in [2.24, 2.45) is 29.6 Å². The van der Waals surface area contributed by atoms with E-state index in [1.807, 2.05) is 37.3 Å². The molecule has 4 aliphatic rings. The van der Waals surface area contributed by atoms with Gasteiger partial charge in [0.05, 0.1) is 34.7 Å². The first-order valence-electron chi connectivity index (χ1n) is 16.2. The molecule has 50 heavy (non-hydrogen) atoms. The molecule has 2 aliphatic heterocycles. The van der Waals surface area contributed by atoms with Gasteiger partial charge in [0.15, 0.2) is 18.1 Å². The molecule has 14 heteroatoms. The Balaban J connectivity index is 1.12. The van der Waals surface area contributed by atoms with Crippen molar-refractivity contribution < 1.29 is 37.0 Å². The number of alkyl halides is 3. The normalized spacial score (nSPS) is 26.4. The number of amides is 3. The minimum Gasteiger partial charge on any atom is -0.490 e. The van der Waals surface area contributed by atoms with Gasteiger partial charge in [0.1, 0.15) is 0 Å². The zero-order valence-electron chi connectivity index (χ0n) is 26.4. The van der Waals surface area contributed by atoms with E-state index in [4.69, 9.17) is 9.47 Å². The Bertz CT molecular complexity index is 2070. The molecule has 1 saturated heterocycles. The highest BCUT2D eigenvalue weighted by molar-refractivity contribution is 8.00. The number of rotatable bonds is 8. The fourth-order valence-corrected chi connectivity index (χ4v) is 11.4. The lowest BCUT2D eigenvalue weighted by Gasteiger charge is -2.43. The number of para-hydroxylation sites is 2.